The molecule has 10 heteroatoms. The SMILES string of the molecule is CN1CCN(S(=O)(=O)c2ccc(C(=O)N3CCC4(CCCCc5ccccc5OCCCC(=O)NC4)CC3)cc2)CC1. The number of hydrogen-bond acceptors (Lipinski definition) is 6. The summed E-state index contributed by atoms with van der Waals surface area (Å²) in [5.74, 6) is 0.893. The molecule has 3 heterocycles. The molecular weight excluding hydrogens is 552 g/mol. The number of aryl methyl sites for hydroxylation is 1. The lowest BCUT2D eigenvalue weighted by Gasteiger charge is -2.42. The van der Waals surface area contributed by atoms with Gasteiger partial charge in [-0.2, -0.15) is 4.31 Å². The highest BCUT2D eigenvalue weighted by molar-refractivity contribution is 7.89. The normalized spacial score (nSPS) is 21.5. The van der Waals surface area contributed by atoms with E-state index in [2.05, 4.69) is 16.3 Å². The molecule has 0 aliphatic carbocycles. The highest BCUT2D eigenvalue weighted by Crippen LogP contribution is 2.37. The maximum absolute atomic E-state index is 13.4. The number of para-hydroxylation sites is 1. The first-order chi connectivity index (χ1) is 20.3. The van der Waals surface area contributed by atoms with E-state index < -0.39 is 10.0 Å². The minimum absolute atomic E-state index is 0.0347. The van der Waals surface area contributed by atoms with Crippen molar-refractivity contribution in [2.45, 2.75) is 56.3 Å². The number of nitrogens with one attached hydrogen (secondary N) is 1. The molecule has 1 N–H and O–H groups in total. The summed E-state index contributed by atoms with van der Waals surface area (Å²) in [4.78, 5) is 30.2. The number of carbonyl (C=O) groups is 2. The number of piperazine rings is 1. The van der Waals surface area contributed by atoms with E-state index in [0.717, 1.165) is 44.3 Å². The van der Waals surface area contributed by atoms with Gasteiger partial charge in [0.15, 0.2) is 0 Å². The van der Waals surface area contributed by atoms with Gasteiger partial charge in [-0.3, -0.25) is 9.59 Å². The molecule has 3 aliphatic heterocycles. The van der Waals surface area contributed by atoms with E-state index in [1.54, 1.807) is 24.3 Å². The van der Waals surface area contributed by atoms with Crippen molar-refractivity contribution in [3.05, 3.63) is 59.7 Å². The third-order valence-corrected chi connectivity index (χ3v) is 11.1. The first kappa shape index (κ1) is 30.5. The molecule has 2 fully saturated rings. The van der Waals surface area contributed by atoms with Gasteiger partial charge in [0.05, 0.1) is 11.5 Å². The Morgan fingerprint density at radius 3 is 2.31 bits per heavy atom. The summed E-state index contributed by atoms with van der Waals surface area (Å²) in [7, 11) is -1.58. The second kappa shape index (κ2) is 13.6. The number of likely N-dealkylation sites (N-methyl/N-ethyl adjacent to an activating group) is 1. The minimum atomic E-state index is -3.57. The topological polar surface area (TPSA) is 99.3 Å². The van der Waals surface area contributed by atoms with E-state index >= 15 is 0 Å². The maximum Gasteiger partial charge on any atom is 0.253 e. The number of hydrogen-bond donors (Lipinski definition) is 1. The fourth-order valence-corrected chi connectivity index (χ4v) is 7.71. The average molecular weight is 597 g/mol. The van der Waals surface area contributed by atoms with Gasteiger partial charge in [-0.1, -0.05) is 24.6 Å². The van der Waals surface area contributed by atoms with Gasteiger partial charge in [-0.15, -0.1) is 0 Å². The Morgan fingerprint density at radius 2 is 1.57 bits per heavy atom. The Balaban J connectivity index is 1.20. The first-order valence-corrected chi connectivity index (χ1v) is 16.8. The number of likely N-dealkylation sites (tertiary alicyclic amines) is 1. The van der Waals surface area contributed by atoms with Crippen molar-refractivity contribution < 1.29 is 22.7 Å². The van der Waals surface area contributed by atoms with Crippen LogP contribution in [0.4, 0.5) is 0 Å². The zero-order valence-corrected chi connectivity index (χ0v) is 25.5. The number of sulfonamides is 1. The van der Waals surface area contributed by atoms with Gasteiger partial charge in [0.1, 0.15) is 5.75 Å². The number of amides is 2. The summed E-state index contributed by atoms with van der Waals surface area (Å²) in [6.45, 7) is 4.74. The van der Waals surface area contributed by atoms with Crippen LogP contribution in [0.1, 0.15) is 60.9 Å². The van der Waals surface area contributed by atoms with Gasteiger partial charge in [0.25, 0.3) is 5.91 Å². The van der Waals surface area contributed by atoms with Crippen molar-refractivity contribution in [2.75, 3.05) is 59.5 Å². The molecule has 228 valence electrons. The van der Waals surface area contributed by atoms with Crippen LogP contribution in [0.15, 0.2) is 53.4 Å². The van der Waals surface area contributed by atoms with Gasteiger partial charge >= 0.3 is 0 Å². The predicted molar refractivity (Wildman–Crippen MR) is 162 cm³/mol. The zero-order valence-electron chi connectivity index (χ0n) is 24.7. The monoisotopic (exact) mass is 596 g/mol. The molecule has 0 radical (unpaired) electrons. The number of ether oxygens (including phenoxy) is 1. The molecule has 0 unspecified atom stereocenters. The highest BCUT2D eigenvalue weighted by atomic mass is 32.2. The second-order valence-electron chi connectivity index (χ2n) is 12.1. The Morgan fingerprint density at radius 1 is 0.857 bits per heavy atom. The minimum Gasteiger partial charge on any atom is -0.493 e. The van der Waals surface area contributed by atoms with Crippen LogP contribution < -0.4 is 10.1 Å². The third kappa shape index (κ3) is 7.33. The van der Waals surface area contributed by atoms with Crippen molar-refractivity contribution in [1.29, 1.82) is 0 Å². The maximum atomic E-state index is 13.4. The van der Waals surface area contributed by atoms with Crippen LogP contribution in [0, 0.1) is 5.41 Å². The largest absolute Gasteiger partial charge is 0.493 e. The van der Waals surface area contributed by atoms with Crippen LogP contribution >= 0.6 is 0 Å². The number of fused-ring (bicyclic) bond motifs is 1. The van der Waals surface area contributed by atoms with Gasteiger partial charge in [0, 0.05) is 57.8 Å². The van der Waals surface area contributed by atoms with Crippen LogP contribution in [0.3, 0.4) is 0 Å². The molecule has 0 aromatic heterocycles. The van der Waals surface area contributed by atoms with Gasteiger partial charge in [0.2, 0.25) is 15.9 Å². The molecule has 2 amide bonds. The standard InChI is InChI=1S/C32H44N4O5S/c1-34-20-22-36(23-21-34)42(39,40)28-13-11-27(12-14-28)31(38)35-18-16-32(17-19-35)15-5-4-8-26-7-2-3-9-29(26)41-24-6-10-30(37)33-25-32/h2-3,7,9,11-14H,4-6,8,10,15-25H2,1H3,(H,33,37). The average Bonchev–Trinajstić information content (AvgIpc) is 3.01. The molecule has 9 nitrogen and oxygen atoms in total. The van der Waals surface area contributed by atoms with E-state index in [4.69, 9.17) is 4.74 Å². The molecule has 1 spiro atoms. The van der Waals surface area contributed by atoms with Gasteiger partial charge in [-0.05, 0) is 86.9 Å². The lowest BCUT2D eigenvalue weighted by Crippen LogP contribution is -2.48. The number of nitrogens with zero attached hydrogens (tertiary/aromatic N) is 3. The summed E-state index contributed by atoms with van der Waals surface area (Å²) >= 11 is 0. The second-order valence-corrected chi connectivity index (χ2v) is 14.0. The molecule has 2 saturated heterocycles. The van der Waals surface area contributed by atoms with Crippen molar-refractivity contribution in [3.8, 4) is 5.75 Å². The fraction of sp³-hybridized carbons (Fsp3) is 0.562. The molecule has 42 heavy (non-hydrogen) atoms. The van der Waals surface area contributed by atoms with Gasteiger partial charge < -0.3 is 19.9 Å². The third-order valence-electron chi connectivity index (χ3n) is 9.15. The van der Waals surface area contributed by atoms with Crippen molar-refractivity contribution in [2.24, 2.45) is 5.41 Å². The molecule has 2 aromatic rings. The molecular formula is C32H44N4O5S. The summed E-state index contributed by atoms with van der Waals surface area (Å²) in [5.41, 5.74) is 1.69. The summed E-state index contributed by atoms with van der Waals surface area (Å²) < 4.78 is 33.7. The number of piperidine rings is 1. The Bertz CT molecular complexity index is 1330. The molecule has 2 aromatic carbocycles. The zero-order chi connectivity index (χ0) is 29.6. The Hall–Kier alpha value is -2.95. The van der Waals surface area contributed by atoms with Crippen LogP contribution in [-0.4, -0.2) is 93.8 Å². The van der Waals surface area contributed by atoms with E-state index in [9.17, 15) is 18.0 Å². The quantitative estimate of drug-likeness (QED) is 0.582. The highest BCUT2D eigenvalue weighted by Gasteiger charge is 2.36. The van der Waals surface area contributed by atoms with E-state index in [1.807, 2.05) is 30.1 Å². The van der Waals surface area contributed by atoms with Crippen molar-refractivity contribution in [1.82, 2.24) is 19.4 Å². The van der Waals surface area contributed by atoms with Crippen LogP contribution in [0.2, 0.25) is 0 Å². The molecule has 0 bridgehead atoms. The number of benzene rings is 2. The summed E-state index contributed by atoms with van der Waals surface area (Å²) in [5, 5.41) is 3.18. The van der Waals surface area contributed by atoms with Crippen molar-refractivity contribution in [3.63, 3.8) is 0 Å². The number of carbonyl (C=O) groups excluding carboxylic acids is 2. The van der Waals surface area contributed by atoms with E-state index in [-0.39, 0.29) is 22.1 Å². The van der Waals surface area contributed by atoms with Crippen molar-refractivity contribution >= 4 is 21.8 Å². The van der Waals surface area contributed by atoms with E-state index in [0.29, 0.717) is 70.8 Å². The van der Waals surface area contributed by atoms with Crippen LogP contribution in [0.5, 0.6) is 5.75 Å². The lowest BCUT2D eigenvalue weighted by atomic mass is 9.74. The fourth-order valence-electron chi connectivity index (χ4n) is 6.28. The molecule has 3 aliphatic rings. The molecule has 0 atom stereocenters. The van der Waals surface area contributed by atoms with Gasteiger partial charge in [-0.25, -0.2) is 8.42 Å². The first-order valence-electron chi connectivity index (χ1n) is 15.3. The van der Waals surface area contributed by atoms with E-state index in [1.165, 1.54) is 9.87 Å². The molecule has 0 saturated carbocycles. The number of rotatable bonds is 3. The van der Waals surface area contributed by atoms with Crippen LogP contribution in [0.25, 0.3) is 0 Å². The Labute approximate surface area is 250 Å². The van der Waals surface area contributed by atoms with Crippen LogP contribution in [-0.2, 0) is 21.2 Å². The predicted octanol–water partition coefficient (Wildman–Crippen LogP) is 3.55. The molecule has 5 rings (SSSR count). The lowest BCUT2D eigenvalue weighted by molar-refractivity contribution is -0.122. The Kier molecular flexibility index (Phi) is 9.85. The summed E-state index contributed by atoms with van der Waals surface area (Å²) in [6.07, 6.45) is 6.81. The smallest absolute Gasteiger partial charge is 0.253 e. The summed E-state index contributed by atoms with van der Waals surface area (Å²) in [6, 6.07) is 14.6.